The first-order valence-corrected chi connectivity index (χ1v) is 23.3. The Morgan fingerprint density at radius 2 is 0.915 bits per heavy atom. The van der Waals surface area contributed by atoms with Crippen molar-refractivity contribution in [3.63, 3.8) is 0 Å². The number of benzene rings is 9. The average molecular weight is 775 g/mol. The van der Waals surface area contributed by atoms with Crippen molar-refractivity contribution in [1.82, 2.24) is 0 Å². The first-order chi connectivity index (χ1) is 29.0. The third-order valence-electron chi connectivity index (χ3n) is 12.4. The maximum absolute atomic E-state index is 6.63. The van der Waals surface area contributed by atoms with Crippen molar-refractivity contribution in [3.05, 3.63) is 194 Å². The second-order valence-electron chi connectivity index (χ2n) is 16.1. The Balaban J connectivity index is 1.04. The molecule has 9 aromatic carbocycles. The van der Waals surface area contributed by atoms with Crippen molar-refractivity contribution in [3.8, 4) is 11.1 Å². The first kappa shape index (κ1) is 33.8. The molecule has 4 nitrogen and oxygen atoms in total. The van der Waals surface area contributed by atoms with Crippen LogP contribution in [0.1, 0.15) is 0 Å². The van der Waals surface area contributed by atoms with E-state index in [1.165, 1.54) is 32.3 Å². The average Bonchev–Trinajstić information content (AvgIpc) is 3.86. The molecule has 59 heavy (non-hydrogen) atoms. The van der Waals surface area contributed by atoms with E-state index in [0.717, 1.165) is 78.0 Å². The standard InChI is InChI=1S/C54H38N2O2Si/c1-59(2)51-26-14-22-45-46(55(35-15-5-3-6-16-35)37-27-29-41-39-19-9-11-24-48(39)57-50(41)33-37)32-31-43(53(45)51)42-30-28-38(34-52(42)59)56(36-17-7-4-8-18-36)47-23-13-21-44-40-20-10-12-25-49(40)58-54(44)47/h3-34H,1-2H3. The minimum atomic E-state index is -2.28. The van der Waals surface area contributed by atoms with Crippen LogP contribution < -0.4 is 20.2 Å². The third-order valence-corrected chi connectivity index (χ3v) is 16.0. The van der Waals surface area contributed by atoms with Crippen LogP contribution in [-0.2, 0) is 0 Å². The normalized spacial score (nSPS) is 13.1. The molecule has 0 atom stereocenters. The van der Waals surface area contributed by atoms with Crippen molar-refractivity contribution < 1.29 is 8.83 Å². The zero-order valence-electron chi connectivity index (χ0n) is 32.7. The Hall–Kier alpha value is -7.34. The summed E-state index contributed by atoms with van der Waals surface area (Å²) < 4.78 is 13.1. The molecule has 0 N–H and O–H groups in total. The minimum Gasteiger partial charge on any atom is -0.456 e. The van der Waals surface area contributed by atoms with Crippen molar-refractivity contribution in [1.29, 1.82) is 0 Å². The number of anilines is 6. The monoisotopic (exact) mass is 774 g/mol. The lowest BCUT2D eigenvalue weighted by Gasteiger charge is -2.36. The highest BCUT2D eigenvalue weighted by Crippen LogP contribution is 2.46. The predicted molar refractivity (Wildman–Crippen MR) is 250 cm³/mol. The maximum atomic E-state index is 6.63. The van der Waals surface area contributed by atoms with E-state index in [2.05, 4.69) is 199 Å². The Morgan fingerprint density at radius 3 is 1.68 bits per heavy atom. The summed E-state index contributed by atoms with van der Waals surface area (Å²) in [5.41, 5.74) is 12.7. The van der Waals surface area contributed by atoms with Crippen LogP contribution in [0.15, 0.2) is 203 Å². The van der Waals surface area contributed by atoms with Gasteiger partial charge in [-0.2, -0.15) is 0 Å². The zero-order valence-corrected chi connectivity index (χ0v) is 33.7. The number of para-hydroxylation sites is 5. The van der Waals surface area contributed by atoms with Gasteiger partial charge in [-0.15, -0.1) is 0 Å². The quantitative estimate of drug-likeness (QED) is 0.158. The van der Waals surface area contributed by atoms with Gasteiger partial charge in [-0.25, -0.2) is 0 Å². The van der Waals surface area contributed by atoms with Crippen molar-refractivity contribution >= 4 is 107 Å². The number of fused-ring (bicyclic) bond motifs is 8. The summed E-state index contributed by atoms with van der Waals surface area (Å²) in [6.45, 7) is 5.02. The Labute approximate surface area is 342 Å². The number of nitrogens with zero attached hydrogens (tertiary/aromatic N) is 2. The molecule has 1 aliphatic rings. The largest absolute Gasteiger partial charge is 0.456 e. The van der Waals surface area contributed by atoms with E-state index >= 15 is 0 Å². The Kier molecular flexibility index (Phi) is 7.34. The highest BCUT2D eigenvalue weighted by molar-refractivity contribution is 7.03. The van der Waals surface area contributed by atoms with Crippen LogP contribution in [0, 0.1) is 0 Å². The predicted octanol–water partition coefficient (Wildman–Crippen LogP) is 14.4. The molecule has 0 radical (unpaired) electrons. The van der Waals surface area contributed by atoms with Crippen molar-refractivity contribution in [2.45, 2.75) is 13.1 Å². The van der Waals surface area contributed by atoms with Crippen LogP contribution in [0.4, 0.5) is 34.1 Å². The Bertz CT molecular complexity index is 3440. The molecule has 0 bridgehead atoms. The highest BCUT2D eigenvalue weighted by Gasteiger charge is 2.37. The van der Waals surface area contributed by atoms with Gasteiger partial charge in [0.1, 0.15) is 24.8 Å². The SMILES string of the molecule is C[Si]1(C)c2cc(N(c3ccccc3)c3cccc4c3oc3ccccc34)ccc2-c2ccc(N(c3ccccc3)c3ccc4c(c3)oc3ccccc34)c3cccc1c23. The van der Waals surface area contributed by atoms with Crippen molar-refractivity contribution in [2.24, 2.45) is 0 Å². The van der Waals surface area contributed by atoms with Crippen LogP contribution in [-0.4, -0.2) is 8.07 Å². The van der Waals surface area contributed by atoms with Gasteiger partial charge in [0.05, 0.1) is 11.4 Å². The van der Waals surface area contributed by atoms with Gasteiger partial charge in [0.15, 0.2) is 5.58 Å². The smallest absolute Gasteiger partial charge is 0.159 e. The molecule has 0 fully saturated rings. The molecular formula is C54H38N2O2Si. The maximum Gasteiger partial charge on any atom is 0.159 e. The lowest BCUT2D eigenvalue weighted by molar-refractivity contribution is 0.668. The van der Waals surface area contributed by atoms with Gasteiger partial charge < -0.3 is 18.6 Å². The lowest BCUT2D eigenvalue weighted by Crippen LogP contribution is -2.56. The summed E-state index contributed by atoms with van der Waals surface area (Å²) in [5.74, 6) is 0. The topological polar surface area (TPSA) is 32.8 Å². The van der Waals surface area contributed by atoms with E-state index in [0.29, 0.717) is 0 Å². The van der Waals surface area contributed by atoms with Gasteiger partial charge in [-0.3, -0.25) is 0 Å². The molecule has 0 spiro atoms. The molecule has 11 aromatic rings. The molecule has 12 rings (SSSR count). The van der Waals surface area contributed by atoms with Gasteiger partial charge in [0.25, 0.3) is 0 Å². The number of hydrogen-bond acceptors (Lipinski definition) is 4. The third kappa shape index (κ3) is 5.08. The minimum absolute atomic E-state index is 0.881. The lowest BCUT2D eigenvalue weighted by atomic mass is 9.95. The number of hydrogen-bond donors (Lipinski definition) is 0. The van der Waals surface area contributed by atoms with E-state index in [9.17, 15) is 0 Å². The second kappa shape index (κ2) is 12.8. The molecule has 280 valence electrons. The molecule has 2 aromatic heterocycles. The summed E-state index contributed by atoms with van der Waals surface area (Å²) in [4.78, 5) is 4.75. The number of furan rings is 2. The van der Waals surface area contributed by atoms with E-state index in [1.54, 1.807) is 0 Å². The molecule has 3 heterocycles. The summed E-state index contributed by atoms with van der Waals surface area (Å²) in [6, 6.07) is 69.8. The molecule has 0 saturated heterocycles. The highest BCUT2D eigenvalue weighted by atomic mass is 28.3. The molecule has 0 amide bonds. The number of rotatable bonds is 6. The molecule has 0 aliphatic carbocycles. The van der Waals surface area contributed by atoms with Gasteiger partial charge in [-0.1, -0.05) is 128 Å². The van der Waals surface area contributed by atoms with Gasteiger partial charge in [0, 0.05) is 55.7 Å². The molecule has 1 aliphatic heterocycles. The van der Waals surface area contributed by atoms with Crippen LogP contribution >= 0.6 is 0 Å². The summed E-state index contributed by atoms with van der Waals surface area (Å²) in [7, 11) is -2.28. The molecule has 0 unspecified atom stereocenters. The summed E-state index contributed by atoms with van der Waals surface area (Å²) in [6.07, 6.45) is 0. The van der Waals surface area contributed by atoms with Gasteiger partial charge in [0.2, 0.25) is 0 Å². The molecule has 5 heteroatoms. The fraction of sp³-hybridized carbons (Fsp3) is 0.0370. The Morgan fingerprint density at radius 1 is 0.356 bits per heavy atom. The summed E-state index contributed by atoms with van der Waals surface area (Å²) >= 11 is 0. The van der Waals surface area contributed by atoms with Crippen LogP contribution in [0.2, 0.25) is 13.1 Å². The molecule has 0 saturated carbocycles. The fourth-order valence-corrected chi connectivity index (χ4v) is 12.8. The second-order valence-corrected chi connectivity index (χ2v) is 20.4. The van der Waals surface area contributed by atoms with E-state index < -0.39 is 8.07 Å². The van der Waals surface area contributed by atoms with E-state index in [-0.39, 0.29) is 0 Å². The van der Waals surface area contributed by atoms with Crippen LogP contribution in [0.3, 0.4) is 0 Å². The molecular weight excluding hydrogens is 737 g/mol. The van der Waals surface area contributed by atoms with E-state index in [1.807, 2.05) is 18.2 Å². The van der Waals surface area contributed by atoms with Crippen LogP contribution in [0.25, 0.3) is 65.8 Å². The van der Waals surface area contributed by atoms with E-state index in [4.69, 9.17) is 8.83 Å². The van der Waals surface area contributed by atoms with Gasteiger partial charge in [-0.05, 0) is 99.7 Å². The zero-order chi connectivity index (χ0) is 39.2. The van der Waals surface area contributed by atoms with Gasteiger partial charge >= 0.3 is 0 Å². The van der Waals surface area contributed by atoms with Crippen molar-refractivity contribution in [2.75, 3.05) is 9.80 Å². The first-order valence-electron chi connectivity index (χ1n) is 20.3. The summed E-state index contributed by atoms with van der Waals surface area (Å²) in [5, 5.41) is 9.96. The fourth-order valence-electron chi connectivity index (χ4n) is 9.67. The van der Waals surface area contributed by atoms with Crippen LogP contribution in [0.5, 0.6) is 0 Å².